The molecular formula is C17H21ClN4O2. The van der Waals surface area contributed by atoms with Crippen LogP contribution >= 0.6 is 12.4 Å². The minimum absolute atomic E-state index is 0. The van der Waals surface area contributed by atoms with Crippen molar-refractivity contribution in [1.29, 1.82) is 0 Å². The van der Waals surface area contributed by atoms with Gasteiger partial charge in [-0.1, -0.05) is 0 Å². The van der Waals surface area contributed by atoms with Crippen LogP contribution in [0.3, 0.4) is 0 Å². The molecule has 1 amide bonds. The van der Waals surface area contributed by atoms with Crippen molar-refractivity contribution < 1.29 is 9.53 Å². The molecule has 0 atom stereocenters. The van der Waals surface area contributed by atoms with Gasteiger partial charge in [-0.2, -0.15) is 0 Å². The second-order valence-electron chi connectivity index (χ2n) is 5.58. The first-order chi connectivity index (χ1) is 11.2. The van der Waals surface area contributed by atoms with Crippen LogP contribution in [-0.4, -0.2) is 29.5 Å². The van der Waals surface area contributed by atoms with E-state index in [2.05, 4.69) is 26.7 Å². The molecule has 0 saturated carbocycles. The van der Waals surface area contributed by atoms with Crippen LogP contribution in [0.5, 0.6) is 5.75 Å². The Morgan fingerprint density at radius 1 is 1.33 bits per heavy atom. The molecule has 7 heteroatoms. The van der Waals surface area contributed by atoms with Crippen molar-refractivity contribution in [2.24, 2.45) is 0 Å². The maximum Gasteiger partial charge on any atom is 0.255 e. The number of amides is 1. The number of rotatable bonds is 4. The summed E-state index contributed by atoms with van der Waals surface area (Å²) >= 11 is 0. The van der Waals surface area contributed by atoms with Gasteiger partial charge in [0, 0.05) is 43.6 Å². The lowest BCUT2D eigenvalue weighted by molar-refractivity contribution is 0.0947. The molecule has 6 nitrogen and oxygen atoms in total. The lowest BCUT2D eigenvalue weighted by Crippen LogP contribution is -2.26. The summed E-state index contributed by atoms with van der Waals surface area (Å²) in [6.07, 6.45) is 4.35. The molecule has 2 N–H and O–H groups in total. The van der Waals surface area contributed by atoms with Crippen molar-refractivity contribution in [3.05, 3.63) is 52.6 Å². The number of hydrogen-bond acceptors (Lipinski definition) is 5. The lowest BCUT2D eigenvalue weighted by atomic mass is 10.1. The SMILES string of the molecule is COc1cnc(C)cc1C(=O)NCc1cnc2c(c1)CNCC2.Cl. The number of aryl methyl sites for hydroxylation is 1. The molecule has 1 aliphatic rings. The third-order valence-corrected chi connectivity index (χ3v) is 3.89. The Bertz CT molecular complexity index is 737. The summed E-state index contributed by atoms with van der Waals surface area (Å²) in [5.41, 5.74) is 4.61. The van der Waals surface area contributed by atoms with E-state index >= 15 is 0 Å². The highest BCUT2D eigenvalue weighted by Crippen LogP contribution is 2.18. The third kappa shape index (κ3) is 4.01. The molecule has 0 saturated heterocycles. The van der Waals surface area contributed by atoms with Gasteiger partial charge in [-0.25, -0.2) is 0 Å². The van der Waals surface area contributed by atoms with Gasteiger partial charge in [0.15, 0.2) is 0 Å². The Morgan fingerprint density at radius 2 is 2.17 bits per heavy atom. The molecule has 3 heterocycles. The minimum atomic E-state index is -0.178. The average molecular weight is 349 g/mol. The van der Waals surface area contributed by atoms with Crippen molar-refractivity contribution in [2.45, 2.75) is 26.4 Å². The predicted molar refractivity (Wildman–Crippen MR) is 93.6 cm³/mol. The van der Waals surface area contributed by atoms with E-state index in [-0.39, 0.29) is 18.3 Å². The smallest absolute Gasteiger partial charge is 0.255 e. The molecule has 0 radical (unpaired) electrons. The molecule has 24 heavy (non-hydrogen) atoms. The summed E-state index contributed by atoms with van der Waals surface area (Å²) in [5, 5.41) is 6.25. The topological polar surface area (TPSA) is 76.1 Å². The van der Waals surface area contributed by atoms with Gasteiger partial charge in [-0.15, -0.1) is 12.4 Å². The molecule has 128 valence electrons. The fraction of sp³-hybridized carbons (Fsp3) is 0.353. The predicted octanol–water partition coefficient (Wildman–Crippen LogP) is 1.79. The Labute approximate surface area is 147 Å². The second kappa shape index (κ2) is 8.08. The highest BCUT2D eigenvalue weighted by atomic mass is 35.5. The molecule has 0 bridgehead atoms. The number of halogens is 1. The van der Waals surface area contributed by atoms with Crippen LogP contribution in [0.25, 0.3) is 0 Å². The summed E-state index contributed by atoms with van der Waals surface area (Å²) < 4.78 is 5.20. The second-order valence-corrected chi connectivity index (χ2v) is 5.58. The molecule has 0 aliphatic carbocycles. The number of carbonyl (C=O) groups is 1. The lowest BCUT2D eigenvalue weighted by Gasteiger charge is -2.17. The zero-order valence-electron chi connectivity index (χ0n) is 13.8. The van der Waals surface area contributed by atoms with Gasteiger partial charge in [0.25, 0.3) is 5.91 Å². The number of pyridine rings is 2. The highest BCUT2D eigenvalue weighted by molar-refractivity contribution is 5.96. The zero-order valence-corrected chi connectivity index (χ0v) is 14.6. The standard InChI is InChI=1S/C17H20N4O2.ClH/c1-11-5-14(16(23-2)10-19-11)17(22)21-8-12-6-13-9-18-4-3-15(13)20-7-12;/h5-7,10,18H,3-4,8-9H2,1-2H3,(H,21,22);1H. The molecular weight excluding hydrogens is 328 g/mol. The van der Waals surface area contributed by atoms with Gasteiger partial charge in [-0.05, 0) is 30.2 Å². The number of nitrogens with zero attached hydrogens (tertiary/aromatic N) is 2. The van der Waals surface area contributed by atoms with E-state index in [9.17, 15) is 4.79 Å². The van der Waals surface area contributed by atoms with Crippen molar-refractivity contribution in [1.82, 2.24) is 20.6 Å². The van der Waals surface area contributed by atoms with E-state index in [0.717, 1.165) is 36.5 Å². The first kappa shape index (κ1) is 18.2. The van der Waals surface area contributed by atoms with Crippen molar-refractivity contribution >= 4 is 18.3 Å². The van der Waals surface area contributed by atoms with Crippen LogP contribution < -0.4 is 15.4 Å². The van der Waals surface area contributed by atoms with E-state index < -0.39 is 0 Å². The normalized spacial score (nSPS) is 12.8. The van der Waals surface area contributed by atoms with Crippen molar-refractivity contribution in [3.8, 4) is 5.75 Å². The third-order valence-electron chi connectivity index (χ3n) is 3.89. The monoisotopic (exact) mass is 348 g/mol. The first-order valence-corrected chi connectivity index (χ1v) is 7.63. The molecule has 0 fully saturated rings. The van der Waals surface area contributed by atoms with E-state index in [1.165, 1.54) is 12.7 Å². The van der Waals surface area contributed by atoms with E-state index in [1.807, 2.05) is 13.1 Å². The number of fused-ring (bicyclic) bond motifs is 1. The quantitative estimate of drug-likeness (QED) is 0.881. The first-order valence-electron chi connectivity index (χ1n) is 7.63. The number of aromatic nitrogens is 2. The fourth-order valence-electron chi connectivity index (χ4n) is 2.66. The molecule has 0 unspecified atom stereocenters. The van der Waals surface area contributed by atoms with Crippen LogP contribution in [0.4, 0.5) is 0 Å². The summed E-state index contributed by atoms with van der Waals surface area (Å²) in [7, 11) is 1.53. The van der Waals surface area contributed by atoms with Crippen LogP contribution in [-0.2, 0) is 19.5 Å². The maximum absolute atomic E-state index is 12.4. The molecule has 2 aromatic rings. The number of nitrogens with one attached hydrogen (secondary N) is 2. The summed E-state index contributed by atoms with van der Waals surface area (Å²) in [4.78, 5) is 21.0. The zero-order chi connectivity index (χ0) is 16.2. The number of hydrogen-bond donors (Lipinski definition) is 2. The van der Waals surface area contributed by atoms with Crippen LogP contribution in [0.2, 0.25) is 0 Å². The molecule has 0 aromatic carbocycles. The molecule has 1 aliphatic heterocycles. The van der Waals surface area contributed by atoms with Gasteiger partial charge in [0.1, 0.15) is 5.75 Å². The average Bonchev–Trinajstić information content (AvgIpc) is 2.59. The summed E-state index contributed by atoms with van der Waals surface area (Å²) in [6, 6.07) is 3.83. The number of carbonyl (C=O) groups excluding carboxylic acids is 1. The van der Waals surface area contributed by atoms with Crippen molar-refractivity contribution in [2.75, 3.05) is 13.7 Å². The Kier molecular flexibility index (Phi) is 6.11. The van der Waals surface area contributed by atoms with Gasteiger partial charge in [-0.3, -0.25) is 14.8 Å². The van der Waals surface area contributed by atoms with Gasteiger partial charge in [0.2, 0.25) is 0 Å². The Morgan fingerprint density at radius 3 is 2.96 bits per heavy atom. The largest absolute Gasteiger partial charge is 0.494 e. The van der Waals surface area contributed by atoms with E-state index in [4.69, 9.17) is 4.74 Å². The number of ether oxygens (including phenoxy) is 1. The minimum Gasteiger partial charge on any atom is -0.494 e. The summed E-state index contributed by atoms with van der Waals surface area (Å²) in [6.45, 7) is 4.08. The highest BCUT2D eigenvalue weighted by Gasteiger charge is 2.14. The number of methoxy groups -OCH3 is 1. The van der Waals surface area contributed by atoms with Gasteiger partial charge < -0.3 is 15.4 Å². The molecule has 3 rings (SSSR count). The Hall–Kier alpha value is -2.18. The molecule has 0 spiro atoms. The van der Waals surface area contributed by atoms with Crippen LogP contribution in [0.15, 0.2) is 24.5 Å². The van der Waals surface area contributed by atoms with E-state index in [1.54, 1.807) is 12.3 Å². The maximum atomic E-state index is 12.4. The molecule has 2 aromatic heterocycles. The van der Waals surface area contributed by atoms with Crippen LogP contribution in [0.1, 0.15) is 32.9 Å². The van der Waals surface area contributed by atoms with Gasteiger partial charge in [0.05, 0.1) is 18.9 Å². The van der Waals surface area contributed by atoms with E-state index in [0.29, 0.717) is 17.9 Å². The fourth-order valence-corrected chi connectivity index (χ4v) is 2.66. The van der Waals surface area contributed by atoms with Crippen molar-refractivity contribution in [3.63, 3.8) is 0 Å². The summed E-state index contributed by atoms with van der Waals surface area (Å²) in [5.74, 6) is 0.295. The Balaban J connectivity index is 0.00000208. The van der Waals surface area contributed by atoms with Crippen LogP contribution in [0, 0.1) is 6.92 Å². The van der Waals surface area contributed by atoms with Gasteiger partial charge >= 0.3 is 0 Å².